The van der Waals surface area contributed by atoms with Crippen molar-refractivity contribution in [1.29, 1.82) is 0 Å². The molecule has 29 heavy (non-hydrogen) atoms. The summed E-state index contributed by atoms with van der Waals surface area (Å²) < 4.78 is 47.5. The standard InChI is InChI=1S/C19H30F3N5O2/c1-14(2)16(27-7-9-28-10-8-27)12-26-18(23-3)25-11-15-5-4-6-24-17(15)29-13-19(20,21)22/h4-6,14,16H,7-13H2,1-3H3,(H2,23,25,26). The Kier molecular flexibility index (Phi) is 8.97. The van der Waals surface area contributed by atoms with Crippen LogP contribution in [0.2, 0.25) is 0 Å². The summed E-state index contributed by atoms with van der Waals surface area (Å²) in [6.45, 7) is 7.18. The third-order valence-electron chi connectivity index (χ3n) is 4.66. The lowest BCUT2D eigenvalue weighted by Gasteiger charge is -2.37. The fourth-order valence-corrected chi connectivity index (χ4v) is 3.14. The minimum Gasteiger partial charge on any atom is -0.468 e. The third kappa shape index (κ3) is 8.06. The van der Waals surface area contributed by atoms with E-state index in [0.717, 1.165) is 26.3 Å². The van der Waals surface area contributed by atoms with E-state index in [-0.39, 0.29) is 12.4 Å². The molecule has 2 N–H and O–H groups in total. The fourth-order valence-electron chi connectivity index (χ4n) is 3.14. The molecule has 0 aliphatic carbocycles. The first-order chi connectivity index (χ1) is 13.8. The molecule has 0 saturated carbocycles. The van der Waals surface area contributed by atoms with Gasteiger partial charge in [0.2, 0.25) is 5.88 Å². The fraction of sp³-hybridized carbons (Fsp3) is 0.684. The van der Waals surface area contributed by atoms with Gasteiger partial charge in [0.25, 0.3) is 0 Å². The maximum absolute atomic E-state index is 12.4. The minimum absolute atomic E-state index is 0.0406. The Morgan fingerprint density at radius 2 is 2.03 bits per heavy atom. The van der Waals surface area contributed by atoms with Crippen LogP contribution in [0.4, 0.5) is 13.2 Å². The highest BCUT2D eigenvalue weighted by Gasteiger charge is 2.29. The van der Waals surface area contributed by atoms with E-state index in [1.165, 1.54) is 6.20 Å². The van der Waals surface area contributed by atoms with Crippen LogP contribution in [0.3, 0.4) is 0 Å². The molecule has 0 aromatic carbocycles. The van der Waals surface area contributed by atoms with Crippen LogP contribution in [0, 0.1) is 5.92 Å². The number of guanidine groups is 1. The van der Waals surface area contributed by atoms with Gasteiger partial charge >= 0.3 is 6.18 Å². The summed E-state index contributed by atoms with van der Waals surface area (Å²) in [4.78, 5) is 10.5. The quantitative estimate of drug-likeness (QED) is 0.498. The molecule has 1 saturated heterocycles. The van der Waals surface area contributed by atoms with E-state index in [9.17, 15) is 13.2 Å². The lowest BCUT2D eigenvalue weighted by atomic mass is 10.0. The molecule has 164 valence electrons. The number of hydrogen-bond donors (Lipinski definition) is 2. The van der Waals surface area contributed by atoms with Crippen LogP contribution in [0.15, 0.2) is 23.3 Å². The number of pyridine rings is 1. The van der Waals surface area contributed by atoms with E-state index >= 15 is 0 Å². The minimum atomic E-state index is -4.41. The molecule has 7 nitrogen and oxygen atoms in total. The van der Waals surface area contributed by atoms with E-state index in [1.807, 2.05) is 0 Å². The van der Waals surface area contributed by atoms with Crippen molar-refractivity contribution in [1.82, 2.24) is 20.5 Å². The average Bonchev–Trinajstić information content (AvgIpc) is 2.69. The van der Waals surface area contributed by atoms with Gasteiger partial charge in [0.15, 0.2) is 12.6 Å². The second kappa shape index (κ2) is 11.2. The highest BCUT2D eigenvalue weighted by Crippen LogP contribution is 2.20. The van der Waals surface area contributed by atoms with Gasteiger partial charge in [0.1, 0.15) is 0 Å². The SMILES string of the molecule is CN=C(NCc1cccnc1OCC(F)(F)F)NCC(C(C)C)N1CCOCC1. The second-order valence-corrected chi connectivity index (χ2v) is 7.14. The number of alkyl halides is 3. The second-order valence-electron chi connectivity index (χ2n) is 7.14. The Bertz CT molecular complexity index is 649. The van der Waals surface area contributed by atoms with E-state index < -0.39 is 12.8 Å². The third-order valence-corrected chi connectivity index (χ3v) is 4.66. The number of morpholine rings is 1. The van der Waals surface area contributed by atoms with Gasteiger partial charge in [0, 0.05) is 51.0 Å². The van der Waals surface area contributed by atoms with Gasteiger partial charge in [0.05, 0.1) is 13.2 Å². The van der Waals surface area contributed by atoms with Crippen LogP contribution < -0.4 is 15.4 Å². The number of aliphatic imine (C=N–C) groups is 1. The first-order valence-electron chi connectivity index (χ1n) is 9.70. The van der Waals surface area contributed by atoms with Gasteiger partial charge < -0.3 is 20.1 Å². The van der Waals surface area contributed by atoms with Crippen molar-refractivity contribution < 1.29 is 22.6 Å². The van der Waals surface area contributed by atoms with Crippen molar-refractivity contribution >= 4 is 5.96 Å². The smallest absolute Gasteiger partial charge is 0.422 e. The summed E-state index contributed by atoms with van der Waals surface area (Å²) in [7, 11) is 1.65. The van der Waals surface area contributed by atoms with E-state index in [2.05, 4.69) is 39.4 Å². The summed E-state index contributed by atoms with van der Waals surface area (Å²) in [5.74, 6) is 0.968. The zero-order valence-electron chi connectivity index (χ0n) is 17.1. The molecular formula is C19H30F3N5O2. The number of nitrogens with zero attached hydrogens (tertiary/aromatic N) is 3. The Morgan fingerprint density at radius 1 is 1.31 bits per heavy atom. The summed E-state index contributed by atoms with van der Waals surface area (Å²) in [6.07, 6.45) is -3.01. The van der Waals surface area contributed by atoms with Crippen LogP contribution in [0.5, 0.6) is 5.88 Å². The number of ether oxygens (including phenoxy) is 2. The normalized spacial score (nSPS) is 17.3. The Labute approximate surface area is 169 Å². The molecule has 1 fully saturated rings. The van der Waals surface area contributed by atoms with Crippen molar-refractivity contribution in [3.05, 3.63) is 23.9 Å². The van der Waals surface area contributed by atoms with Gasteiger partial charge in [-0.2, -0.15) is 13.2 Å². The molecular weight excluding hydrogens is 387 g/mol. The highest BCUT2D eigenvalue weighted by atomic mass is 19.4. The lowest BCUT2D eigenvalue weighted by molar-refractivity contribution is -0.154. The molecule has 1 aliphatic rings. The topological polar surface area (TPSA) is 71.0 Å². The van der Waals surface area contributed by atoms with Crippen LogP contribution >= 0.6 is 0 Å². The molecule has 1 aliphatic heterocycles. The summed E-state index contributed by atoms with van der Waals surface area (Å²) in [6, 6.07) is 3.64. The Balaban J connectivity index is 1.90. The predicted octanol–water partition coefficient (Wildman–Crippen LogP) is 2.04. The molecule has 2 heterocycles. The van der Waals surface area contributed by atoms with Crippen LogP contribution in [-0.4, -0.2) is 74.6 Å². The summed E-state index contributed by atoms with van der Waals surface area (Å²) >= 11 is 0. The number of hydrogen-bond acceptors (Lipinski definition) is 5. The maximum atomic E-state index is 12.4. The van der Waals surface area contributed by atoms with Crippen molar-refractivity contribution in [2.24, 2.45) is 10.9 Å². The average molecular weight is 417 g/mol. The summed E-state index contributed by atoms with van der Waals surface area (Å²) in [5.41, 5.74) is 0.522. The lowest BCUT2D eigenvalue weighted by Crippen LogP contribution is -2.52. The van der Waals surface area contributed by atoms with E-state index in [4.69, 9.17) is 9.47 Å². The number of halogens is 3. The van der Waals surface area contributed by atoms with Gasteiger partial charge in [-0.1, -0.05) is 19.9 Å². The molecule has 1 aromatic heterocycles. The van der Waals surface area contributed by atoms with Gasteiger partial charge in [-0.3, -0.25) is 9.89 Å². The molecule has 0 amide bonds. The Hall–Kier alpha value is -2.07. The van der Waals surface area contributed by atoms with Crippen LogP contribution in [0.25, 0.3) is 0 Å². The highest BCUT2D eigenvalue weighted by molar-refractivity contribution is 5.79. The number of nitrogens with one attached hydrogen (secondary N) is 2. The monoisotopic (exact) mass is 417 g/mol. The zero-order valence-corrected chi connectivity index (χ0v) is 17.1. The van der Waals surface area contributed by atoms with Crippen molar-refractivity contribution in [3.63, 3.8) is 0 Å². The zero-order chi connectivity index (χ0) is 21.3. The van der Waals surface area contributed by atoms with Crippen molar-refractivity contribution in [2.75, 3.05) is 46.5 Å². The maximum Gasteiger partial charge on any atom is 0.422 e. The molecule has 0 spiro atoms. The first-order valence-corrected chi connectivity index (χ1v) is 9.70. The van der Waals surface area contributed by atoms with Crippen molar-refractivity contribution in [2.45, 2.75) is 32.6 Å². The van der Waals surface area contributed by atoms with E-state index in [0.29, 0.717) is 30.0 Å². The van der Waals surface area contributed by atoms with Crippen molar-refractivity contribution in [3.8, 4) is 5.88 Å². The number of rotatable bonds is 8. The molecule has 1 aromatic rings. The predicted molar refractivity (Wildman–Crippen MR) is 105 cm³/mol. The van der Waals surface area contributed by atoms with Gasteiger partial charge in [-0.25, -0.2) is 4.98 Å². The van der Waals surface area contributed by atoms with Gasteiger partial charge in [-0.15, -0.1) is 0 Å². The molecule has 0 bridgehead atoms. The molecule has 1 unspecified atom stereocenters. The molecule has 2 rings (SSSR count). The molecule has 1 atom stereocenters. The molecule has 0 radical (unpaired) electrons. The number of aromatic nitrogens is 1. The largest absolute Gasteiger partial charge is 0.468 e. The van der Waals surface area contributed by atoms with E-state index in [1.54, 1.807) is 19.2 Å². The first kappa shape index (κ1) is 23.2. The van der Waals surface area contributed by atoms with Gasteiger partial charge in [-0.05, 0) is 12.0 Å². The summed E-state index contributed by atoms with van der Waals surface area (Å²) in [5, 5.41) is 6.42. The molecule has 10 heteroatoms. The van der Waals surface area contributed by atoms with Crippen LogP contribution in [0.1, 0.15) is 19.4 Å². The van der Waals surface area contributed by atoms with Crippen LogP contribution in [-0.2, 0) is 11.3 Å². The Morgan fingerprint density at radius 3 is 2.66 bits per heavy atom.